The summed E-state index contributed by atoms with van der Waals surface area (Å²) in [5.41, 5.74) is 1.21. The predicted octanol–water partition coefficient (Wildman–Crippen LogP) is 1.78. The Morgan fingerprint density at radius 1 is 1.00 bits per heavy atom. The average molecular weight is 476 g/mol. The zero-order valence-electron chi connectivity index (χ0n) is 18.6. The predicted molar refractivity (Wildman–Crippen MR) is 120 cm³/mol. The SMILES string of the molecule is CCn1c(=O)oc2cc(S(=O)(=O)N3CCN(C(=O)c4ccc(OC)c(OC)c4)CC3)ccc21. The molecular weight excluding hydrogens is 450 g/mol. The van der Waals surface area contributed by atoms with Gasteiger partial charge in [-0.05, 0) is 37.3 Å². The molecule has 1 aromatic heterocycles. The Morgan fingerprint density at radius 3 is 2.33 bits per heavy atom. The van der Waals surface area contributed by atoms with Crippen molar-refractivity contribution in [1.29, 1.82) is 0 Å². The Labute approximate surface area is 191 Å². The number of nitrogens with zero attached hydrogens (tertiary/aromatic N) is 3. The lowest BCUT2D eigenvalue weighted by Gasteiger charge is -2.34. The van der Waals surface area contributed by atoms with Gasteiger partial charge < -0.3 is 18.8 Å². The zero-order chi connectivity index (χ0) is 23.8. The van der Waals surface area contributed by atoms with Gasteiger partial charge in [0.2, 0.25) is 10.0 Å². The van der Waals surface area contributed by atoms with Gasteiger partial charge in [-0.3, -0.25) is 9.36 Å². The van der Waals surface area contributed by atoms with E-state index in [1.807, 2.05) is 6.92 Å². The third-order valence-corrected chi connectivity index (χ3v) is 7.64. The van der Waals surface area contributed by atoms with E-state index in [1.54, 1.807) is 29.2 Å². The van der Waals surface area contributed by atoms with Crippen LogP contribution in [0.5, 0.6) is 11.5 Å². The number of aryl methyl sites for hydroxylation is 1. The van der Waals surface area contributed by atoms with Crippen molar-refractivity contribution in [3.8, 4) is 11.5 Å². The summed E-state index contributed by atoms with van der Waals surface area (Å²) in [6.07, 6.45) is 0. The standard InChI is InChI=1S/C22H25N3O7S/c1-4-25-17-7-6-16(14-19(17)32-22(25)27)33(28,29)24-11-9-23(10-12-24)21(26)15-5-8-18(30-2)20(13-15)31-3/h5-8,13-14H,4,9-12H2,1-3H3. The van der Waals surface area contributed by atoms with E-state index in [0.717, 1.165) is 0 Å². The first kappa shape index (κ1) is 22.9. The first-order valence-electron chi connectivity index (χ1n) is 10.4. The summed E-state index contributed by atoms with van der Waals surface area (Å²) < 4.78 is 44.7. The summed E-state index contributed by atoms with van der Waals surface area (Å²) in [6, 6.07) is 9.34. The lowest BCUT2D eigenvalue weighted by atomic mass is 10.1. The molecule has 1 amide bonds. The molecule has 0 N–H and O–H groups in total. The minimum absolute atomic E-state index is 0.0478. The van der Waals surface area contributed by atoms with Crippen molar-refractivity contribution in [2.24, 2.45) is 0 Å². The molecule has 0 saturated carbocycles. The highest BCUT2D eigenvalue weighted by atomic mass is 32.2. The summed E-state index contributed by atoms with van der Waals surface area (Å²) in [5.74, 6) is 0.233. The number of fused-ring (bicyclic) bond motifs is 1. The highest BCUT2D eigenvalue weighted by Crippen LogP contribution is 2.28. The molecule has 10 nitrogen and oxygen atoms in total. The van der Waals surface area contributed by atoms with E-state index >= 15 is 0 Å². The molecule has 4 rings (SSSR count). The minimum atomic E-state index is -3.81. The first-order valence-corrected chi connectivity index (χ1v) is 11.9. The number of piperazine rings is 1. The zero-order valence-corrected chi connectivity index (χ0v) is 19.4. The monoisotopic (exact) mass is 475 g/mol. The third kappa shape index (κ3) is 4.09. The molecule has 2 heterocycles. The lowest BCUT2D eigenvalue weighted by Crippen LogP contribution is -2.50. The van der Waals surface area contributed by atoms with E-state index in [-0.39, 0.29) is 42.6 Å². The van der Waals surface area contributed by atoms with Crippen LogP contribution in [-0.4, -0.2) is 68.5 Å². The van der Waals surface area contributed by atoms with Crippen molar-refractivity contribution in [3.63, 3.8) is 0 Å². The van der Waals surface area contributed by atoms with Crippen LogP contribution in [0.15, 0.2) is 50.5 Å². The topological polar surface area (TPSA) is 111 Å². The Bertz CT molecular complexity index is 1350. The van der Waals surface area contributed by atoms with E-state index in [9.17, 15) is 18.0 Å². The lowest BCUT2D eigenvalue weighted by molar-refractivity contribution is 0.0697. The molecule has 0 bridgehead atoms. The number of methoxy groups -OCH3 is 2. The maximum Gasteiger partial charge on any atom is 0.419 e. The molecule has 0 aliphatic carbocycles. The van der Waals surface area contributed by atoms with Gasteiger partial charge in [0, 0.05) is 44.4 Å². The van der Waals surface area contributed by atoms with E-state index in [0.29, 0.717) is 29.1 Å². The molecule has 1 aliphatic rings. The molecule has 3 aromatic rings. The van der Waals surface area contributed by atoms with Crippen LogP contribution in [0, 0.1) is 0 Å². The van der Waals surface area contributed by atoms with Crippen molar-refractivity contribution >= 4 is 27.0 Å². The molecule has 1 saturated heterocycles. The fourth-order valence-corrected chi connectivity index (χ4v) is 5.38. The van der Waals surface area contributed by atoms with Crippen molar-refractivity contribution < 1.29 is 27.1 Å². The number of amides is 1. The highest BCUT2D eigenvalue weighted by molar-refractivity contribution is 7.89. The van der Waals surface area contributed by atoms with Crippen LogP contribution < -0.4 is 15.2 Å². The maximum absolute atomic E-state index is 13.2. The normalized spacial score (nSPS) is 15.1. The van der Waals surface area contributed by atoms with Crippen LogP contribution in [0.2, 0.25) is 0 Å². The van der Waals surface area contributed by atoms with Gasteiger partial charge in [-0.25, -0.2) is 13.2 Å². The van der Waals surface area contributed by atoms with Crippen molar-refractivity contribution in [2.45, 2.75) is 18.4 Å². The van der Waals surface area contributed by atoms with Gasteiger partial charge >= 0.3 is 5.76 Å². The molecule has 0 atom stereocenters. The third-order valence-electron chi connectivity index (χ3n) is 5.75. The molecule has 176 valence electrons. The molecule has 0 spiro atoms. The first-order chi connectivity index (χ1) is 15.8. The van der Waals surface area contributed by atoms with Crippen LogP contribution in [0.4, 0.5) is 0 Å². The molecule has 11 heteroatoms. The average Bonchev–Trinajstić information content (AvgIpc) is 3.17. The van der Waals surface area contributed by atoms with E-state index in [1.165, 1.54) is 35.2 Å². The second-order valence-electron chi connectivity index (χ2n) is 7.51. The Hall–Kier alpha value is -3.31. The van der Waals surface area contributed by atoms with Crippen LogP contribution >= 0.6 is 0 Å². The molecule has 33 heavy (non-hydrogen) atoms. The summed E-state index contributed by atoms with van der Waals surface area (Å²) in [7, 11) is -0.797. The summed E-state index contributed by atoms with van der Waals surface area (Å²) >= 11 is 0. The number of hydrogen-bond acceptors (Lipinski definition) is 7. The molecule has 0 radical (unpaired) electrons. The van der Waals surface area contributed by atoms with Crippen LogP contribution in [0.1, 0.15) is 17.3 Å². The molecule has 1 aliphatic heterocycles. The van der Waals surface area contributed by atoms with Gasteiger partial charge in [0.25, 0.3) is 5.91 Å². The van der Waals surface area contributed by atoms with Gasteiger partial charge in [-0.15, -0.1) is 0 Å². The Balaban J connectivity index is 1.49. The Kier molecular flexibility index (Phi) is 6.17. The highest BCUT2D eigenvalue weighted by Gasteiger charge is 2.31. The van der Waals surface area contributed by atoms with Crippen LogP contribution in [0.25, 0.3) is 11.1 Å². The fraction of sp³-hybridized carbons (Fsp3) is 0.364. The number of rotatable bonds is 6. The number of benzene rings is 2. The summed E-state index contributed by atoms with van der Waals surface area (Å²) in [5, 5.41) is 0. The second-order valence-corrected chi connectivity index (χ2v) is 9.45. The van der Waals surface area contributed by atoms with E-state index in [2.05, 4.69) is 0 Å². The number of ether oxygens (including phenoxy) is 2. The molecule has 2 aromatic carbocycles. The number of aromatic nitrogens is 1. The van der Waals surface area contributed by atoms with Gasteiger partial charge in [-0.2, -0.15) is 4.31 Å². The number of carbonyl (C=O) groups is 1. The van der Waals surface area contributed by atoms with E-state index in [4.69, 9.17) is 13.9 Å². The van der Waals surface area contributed by atoms with Crippen molar-refractivity contribution in [1.82, 2.24) is 13.8 Å². The van der Waals surface area contributed by atoms with Crippen molar-refractivity contribution in [3.05, 3.63) is 52.5 Å². The largest absolute Gasteiger partial charge is 0.493 e. The quantitative estimate of drug-likeness (QED) is 0.534. The second kappa shape index (κ2) is 8.91. The number of carbonyl (C=O) groups excluding carboxylic acids is 1. The van der Waals surface area contributed by atoms with Gasteiger partial charge in [0.1, 0.15) is 0 Å². The van der Waals surface area contributed by atoms with Gasteiger partial charge in [0.15, 0.2) is 17.1 Å². The fourth-order valence-electron chi connectivity index (χ4n) is 3.94. The number of sulfonamides is 1. The smallest absolute Gasteiger partial charge is 0.419 e. The number of hydrogen-bond donors (Lipinski definition) is 0. The molecule has 0 unspecified atom stereocenters. The Morgan fingerprint density at radius 2 is 1.70 bits per heavy atom. The molecule has 1 fully saturated rings. The summed E-state index contributed by atoms with van der Waals surface area (Å²) in [4.78, 5) is 26.5. The van der Waals surface area contributed by atoms with E-state index < -0.39 is 15.8 Å². The van der Waals surface area contributed by atoms with Crippen LogP contribution in [0.3, 0.4) is 0 Å². The summed E-state index contributed by atoms with van der Waals surface area (Å²) in [6.45, 7) is 3.03. The minimum Gasteiger partial charge on any atom is -0.493 e. The maximum atomic E-state index is 13.2. The van der Waals surface area contributed by atoms with Gasteiger partial charge in [0.05, 0.1) is 24.6 Å². The van der Waals surface area contributed by atoms with Crippen molar-refractivity contribution in [2.75, 3.05) is 40.4 Å². The molecular formula is C22H25N3O7S. The van der Waals surface area contributed by atoms with Crippen LogP contribution in [-0.2, 0) is 16.6 Å². The number of oxazole rings is 1. The van der Waals surface area contributed by atoms with Gasteiger partial charge in [-0.1, -0.05) is 0 Å².